The number of carbonyl (C=O) groups excluding carboxylic acids is 1. The van der Waals surface area contributed by atoms with Crippen molar-refractivity contribution in [2.45, 2.75) is 14.9 Å². The predicted octanol–water partition coefficient (Wildman–Crippen LogP) is 4.25. The zero-order valence-corrected chi connectivity index (χ0v) is 17.3. The molecule has 2 N–H and O–H groups in total. The van der Waals surface area contributed by atoms with Crippen molar-refractivity contribution >= 4 is 35.1 Å². The highest BCUT2D eigenvalue weighted by Crippen LogP contribution is 2.33. The van der Waals surface area contributed by atoms with Crippen LogP contribution >= 0.6 is 23.5 Å². The predicted molar refractivity (Wildman–Crippen MR) is 117 cm³/mol. The summed E-state index contributed by atoms with van der Waals surface area (Å²) >= 11 is 2.83. The van der Waals surface area contributed by atoms with Crippen molar-refractivity contribution < 1.29 is 9.90 Å². The minimum absolute atomic E-state index is 0.152. The Hall–Kier alpha value is -3.30. The molecule has 0 bridgehead atoms. The molecule has 0 saturated heterocycles. The molecular formula is C21H17N5O2S2. The summed E-state index contributed by atoms with van der Waals surface area (Å²) in [5.41, 5.74) is 1.46. The lowest BCUT2D eigenvalue weighted by molar-refractivity contribution is -0.113. The van der Waals surface area contributed by atoms with E-state index in [0.717, 1.165) is 15.5 Å². The van der Waals surface area contributed by atoms with E-state index in [0.29, 0.717) is 10.8 Å². The summed E-state index contributed by atoms with van der Waals surface area (Å²) in [6.07, 6.45) is 0. The Morgan fingerprint density at radius 3 is 2.50 bits per heavy atom. The van der Waals surface area contributed by atoms with Gasteiger partial charge in [0.2, 0.25) is 11.1 Å². The van der Waals surface area contributed by atoms with Gasteiger partial charge in [0.05, 0.1) is 17.1 Å². The van der Waals surface area contributed by atoms with Crippen LogP contribution in [0.15, 0.2) is 93.8 Å². The van der Waals surface area contributed by atoms with Gasteiger partial charge in [0, 0.05) is 9.79 Å². The van der Waals surface area contributed by atoms with Gasteiger partial charge in [-0.15, -0.1) is 5.10 Å². The molecule has 1 amide bonds. The number of benzene rings is 3. The Morgan fingerprint density at radius 1 is 0.967 bits per heavy atom. The number of rotatable bonds is 7. The Balaban J connectivity index is 1.41. The number of para-hydroxylation sites is 1. The molecule has 0 atom stereocenters. The van der Waals surface area contributed by atoms with E-state index >= 15 is 0 Å². The molecular weight excluding hydrogens is 418 g/mol. The maximum absolute atomic E-state index is 12.6. The fourth-order valence-corrected chi connectivity index (χ4v) is 4.23. The third-order valence-corrected chi connectivity index (χ3v) is 6.00. The lowest BCUT2D eigenvalue weighted by atomic mass is 10.3. The van der Waals surface area contributed by atoms with Gasteiger partial charge in [0.15, 0.2) is 0 Å². The first kappa shape index (κ1) is 20.0. The van der Waals surface area contributed by atoms with E-state index in [-0.39, 0.29) is 17.4 Å². The van der Waals surface area contributed by atoms with Crippen LogP contribution in [0.2, 0.25) is 0 Å². The van der Waals surface area contributed by atoms with Crippen LogP contribution in [0.3, 0.4) is 0 Å². The summed E-state index contributed by atoms with van der Waals surface area (Å²) in [6.45, 7) is 0. The minimum atomic E-state index is -0.152. The quantitative estimate of drug-likeness (QED) is 0.419. The number of aromatic nitrogens is 4. The molecule has 0 spiro atoms. The summed E-state index contributed by atoms with van der Waals surface area (Å²) in [5.74, 6) is 0.164. The lowest BCUT2D eigenvalue weighted by Crippen LogP contribution is -2.15. The van der Waals surface area contributed by atoms with Crippen LogP contribution in [0.1, 0.15) is 0 Å². The second kappa shape index (κ2) is 9.47. The number of phenolic OH excluding ortho intramolecular Hbond substituents is 1. The molecule has 0 aliphatic carbocycles. The lowest BCUT2D eigenvalue weighted by Gasteiger charge is -2.10. The number of carbonyl (C=O) groups is 1. The summed E-state index contributed by atoms with van der Waals surface area (Å²) in [6, 6.07) is 24.2. The molecule has 30 heavy (non-hydrogen) atoms. The minimum Gasteiger partial charge on any atom is -0.508 e. The Labute approximate surface area is 181 Å². The van der Waals surface area contributed by atoms with Gasteiger partial charge in [0.1, 0.15) is 5.75 Å². The topological polar surface area (TPSA) is 92.9 Å². The van der Waals surface area contributed by atoms with Gasteiger partial charge >= 0.3 is 0 Å². The fraction of sp³-hybridized carbons (Fsp3) is 0.0476. The molecule has 0 fully saturated rings. The van der Waals surface area contributed by atoms with E-state index in [1.54, 1.807) is 36.0 Å². The van der Waals surface area contributed by atoms with Crippen LogP contribution in [0.5, 0.6) is 5.75 Å². The highest BCUT2D eigenvalue weighted by molar-refractivity contribution is 8.00. The summed E-state index contributed by atoms with van der Waals surface area (Å²) in [4.78, 5) is 14.6. The van der Waals surface area contributed by atoms with Gasteiger partial charge < -0.3 is 10.4 Å². The van der Waals surface area contributed by atoms with Crippen molar-refractivity contribution in [3.05, 3.63) is 78.9 Å². The highest BCUT2D eigenvalue weighted by atomic mass is 32.2. The van der Waals surface area contributed by atoms with Crippen LogP contribution in [0.4, 0.5) is 5.69 Å². The number of amides is 1. The zero-order valence-electron chi connectivity index (χ0n) is 15.7. The number of tetrazole rings is 1. The van der Waals surface area contributed by atoms with Crippen LogP contribution in [0.25, 0.3) is 5.69 Å². The smallest absolute Gasteiger partial charge is 0.234 e. The van der Waals surface area contributed by atoms with Crippen molar-refractivity contribution in [2.24, 2.45) is 0 Å². The van der Waals surface area contributed by atoms with E-state index in [1.807, 2.05) is 54.6 Å². The van der Waals surface area contributed by atoms with E-state index in [4.69, 9.17) is 0 Å². The van der Waals surface area contributed by atoms with Crippen LogP contribution in [-0.4, -0.2) is 37.0 Å². The normalized spacial score (nSPS) is 10.7. The number of nitrogens with zero attached hydrogens (tertiary/aromatic N) is 4. The molecule has 0 unspecified atom stereocenters. The maximum Gasteiger partial charge on any atom is 0.234 e. The monoisotopic (exact) mass is 435 g/mol. The van der Waals surface area contributed by atoms with Gasteiger partial charge in [0.25, 0.3) is 0 Å². The SMILES string of the molecule is O=C(CSc1nnnn1-c1ccc(O)cc1)Nc1ccccc1Sc1ccccc1. The molecule has 1 aromatic heterocycles. The first-order chi connectivity index (χ1) is 14.7. The fourth-order valence-electron chi connectivity index (χ4n) is 2.62. The van der Waals surface area contributed by atoms with E-state index in [1.165, 1.54) is 16.4 Å². The average Bonchev–Trinajstić information content (AvgIpc) is 3.24. The Kier molecular flexibility index (Phi) is 6.31. The van der Waals surface area contributed by atoms with Gasteiger partial charge in [-0.25, -0.2) is 0 Å². The number of anilines is 1. The molecule has 3 aromatic carbocycles. The number of hydrogen-bond donors (Lipinski definition) is 2. The van der Waals surface area contributed by atoms with E-state index in [2.05, 4.69) is 20.8 Å². The molecule has 0 aliphatic heterocycles. The molecule has 0 aliphatic rings. The Morgan fingerprint density at radius 2 is 1.70 bits per heavy atom. The number of aromatic hydroxyl groups is 1. The Bertz CT molecular complexity index is 1130. The summed E-state index contributed by atoms with van der Waals surface area (Å²) in [7, 11) is 0. The second-order valence-corrected chi connectivity index (χ2v) is 8.20. The number of phenols is 1. The largest absolute Gasteiger partial charge is 0.508 e. The molecule has 0 saturated carbocycles. The number of nitrogens with one attached hydrogen (secondary N) is 1. The first-order valence-corrected chi connectivity index (χ1v) is 10.8. The van der Waals surface area contributed by atoms with Crippen molar-refractivity contribution in [1.29, 1.82) is 0 Å². The summed E-state index contributed by atoms with van der Waals surface area (Å²) < 4.78 is 1.52. The van der Waals surface area contributed by atoms with Gasteiger partial charge in [-0.1, -0.05) is 53.9 Å². The number of hydrogen-bond acceptors (Lipinski definition) is 7. The third-order valence-electron chi connectivity index (χ3n) is 4.00. The third kappa shape index (κ3) is 5.00. The maximum atomic E-state index is 12.6. The zero-order chi connectivity index (χ0) is 20.8. The van der Waals surface area contributed by atoms with Crippen LogP contribution in [-0.2, 0) is 4.79 Å². The van der Waals surface area contributed by atoms with Crippen LogP contribution < -0.4 is 5.32 Å². The molecule has 4 rings (SSSR count). The standard InChI is InChI=1S/C21H17N5O2S2/c27-16-12-10-15(11-13-16)26-21(23-24-25-26)29-14-20(28)22-18-8-4-5-9-19(18)30-17-6-2-1-3-7-17/h1-13,27H,14H2,(H,22,28). The van der Waals surface area contributed by atoms with Crippen molar-refractivity contribution in [2.75, 3.05) is 11.1 Å². The van der Waals surface area contributed by atoms with Crippen molar-refractivity contribution in [3.8, 4) is 11.4 Å². The highest BCUT2D eigenvalue weighted by Gasteiger charge is 2.13. The number of thioether (sulfide) groups is 1. The van der Waals surface area contributed by atoms with Gasteiger partial charge in [-0.05, 0) is 59.0 Å². The second-order valence-electron chi connectivity index (χ2n) is 6.14. The van der Waals surface area contributed by atoms with Crippen molar-refractivity contribution in [3.63, 3.8) is 0 Å². The summed E-state index contributed by atoms with van der Waals surface area (Å²) in [5, 5.41) is 24.5. The van der Waals surface area contributed by atoms with E-state index < -0.39 is 0 Å². The molecule has 1 heterocycles. The average molecular weight is 436 g/mol. The first-order valence-electron chi connectivity index (χ1n) is 9.01. The van der Waals surface area contributed by atoms with E-state index in [9.17, 15) is 9.90 Å². The van der Waals surface area contributed by atoms with Crippen LogP contribution in [0, 0.1) is 0 Å². The molecule has 9 heteroatoms. The molecule has 4 aromatic rings. The molecule has 0 radical (unpaired) electrons. The van der Waals surface area contributed by atoms with Crippen molar-refractivity contribution in [1.82, 2.24) is 20.2 Å². The van der Waals surface area contributed by atoms with Gasteiger partial charge in [-0.3, -0.25) is 4.79 Å². The van der Waals surface area contributed by atoms with Gasteiger partial charge in [-0.2, -0.15) is 4.68 Å². The molecule has 150 valence electrons. The molecule has 7 nitrogen and oxygen atoms in total.